The fourth-order valence-corrected chi connectivity index (χ4v) is 14.0. The van der Waals surface area contributed by atoms with Crippen molar-refractivity contribution in [1.82, 2.24) is 0 Å². The second-order valence-corrected chi connectivity index (χ2v) is 32.0. The van der Waals surface area contributed by atoms with Gasteiger partial charge in [-0.2, -0.15) is 0 Å². The van der Waals surface area contributed by atoms with Crippen LogP contribution in [-0.2, 0) is 65.4 Å². The fraction of sp³-hybridized carbons (Fsp3) is 0.950. The standard InChI is InChI=1S/C80H156O17P2/c1-6-10-13-16-19-22-25-28-30-31-32-33-36-39-46-51-56-61-66-80(85)97-76(70-91-78(83)64-59-54-49-44-41-40-42-47-52-57-62-73(5)9-4)72-95-99(88,89)93-68-74(81)67-92-98(86,87)94-71-75(69-90-77(82)63-58-53-48-43-37-34-27-24-21-18-15-12-8-3)96-79(84)65-60-55-50-45-38-35-29-26-23-20-17-14-11-7-2/h73-76,81H,6-72H2,1-5H3,(H,86,87)(H,88,89)/t73?,74-,75+,76+/m0/s1. The van der Waals surface area contributed by atoms with E-state index in [2.05, 4.69) is 34.6 Å². The van der Waals surface area contributed by atoms with Gasteiger partial charge in [-0.3, -0.25) is 37.3 Å². The van der Waals surface area contributed by atoms with E-state index in [1.165, 1.54) is 250 Å². The van der Waals surface area contributed by atoms with Crippen LogP contribution in [0.15, 0.2) is 0 Å². The lowest BCUT2D eigenvalue weighted by atomic mass is 9.99. The van der Waals surface area contributed by atoms with E-state index < -0.39 is 97.5 Å². The summed E-state index contributed by atoms with van der Waals surface area (Å²) in [6.07, 6.45) is 63.6. The molecule has 0 radical (unpaired) electrons. The van der Waals surface area contributed by atoms with E-state index in [0.717, 1.165) is 95.8 Å². The number of carbonyl (C=O) groups is 4. The molecule has 0 aliphatic heterocycles. The van der Waals surface area contributed by atoms with Crippen LogP contribution in [-0.4, -0.2) is 96.7 Å². The number of carbonyl (C=O) groups excluding carboxylic acids is 4. The van der Waals surface area contributed by atoms with E-state index in [-0.39, 0.29) is 25.7 Å². The third-order valence-corrected chi connectivity index (χ3v) is 21.0. The Kier molecular flexibility index (Phi) is 71.6. The summed E-state index contributed by atoms with van der Waals surface area (Å²) < 4.78 is 68.7. The van der Waals surface area contributed by atoms with E-state index in [9.17, 15) is 43.2 Å². The van der Waals surface area contributed by atoms with Crippen LogP contribution in [0.2, 0.25) is 0 Å². The maximum atomic E-state index is 13.1. The summed E-state index contributed by atoms with van der Waals surface area (Å²) in [4.78, 5) is 73.0. The van der Waals surface area contributed by atoms with Crippen LogP contribution in [0.5, 0.6) is 0 Å². The Morgan fingerprint density at radius 3 is 0.717 bits per heavy atom. The Morgan fingerprint density at radius 1 is 0.283 bits per heavy atom. The highest BCUT2D eigenvalue weighted by atomic mass is 31.2. The molecular weight excluding hydrogens is 1290 g/mol. The number of phosphoric ester groups is 2. The molecule has 3 N–H and O–H groups in total. The molecule has 588 valence electrons. The van der Waals surface area contributed by atoms with Crippen LogP contribution < -0.4 is 0 Å². The summed E-state index contributed by atoms with van der Waals surface area (Å²) in [6, 6.07) is 0. The Morgan fingerprint density at radius 2 is 0.485 bits per heavy atom. The van der Waals surface area contributed by atoms with Crippen LogP contribution in [0.25, 0.3) is 0 Å². The number of unbranched alkanes of at least 4 members (excludes halogenated alkanes) is 51. The molecule has 0 spiro atoms. The molecular formula is C80H156O17P2. The molecule has 3 unspecified atom stereocenters. The van der Waals surface area contributed by atoms with Crippen LogP contribution in [0.1, 0.15) is 426 Å². The average molecular weight is 1450 g/mol. The first-order valence-corrected chi connectivity index (χ1v) is 44.7. The zero-order valence-electron chi connectivity index (χ0n) is 64.6. The van der Waals surface area contributed by atoms with Crippen molar-refractivity contribution in [3.05, 3.63) is 0 Å². The molecule has 0 amide bonds. The summed E-state index contributed by atoms with van der Waals surface area (Å²) in [7, 11) is -9.92. The summed E-state index contributed by atoms with van der Waals surface area (Å²) >= 11 is 0. The van der Waals surface area contributed by atoms with Gasteiger partial charge >= 0.3 is 39.5 Å². The second-order valence-electron chi connectivity index (χ2n) is 29.1. The van der Waals surface area contributed by atoms with Crippen molar-refractivity contribution in [2.75, 3.05) is 39.6 Å². The van der Waals surface area contributed by atoms with Gasteiger partial charge in [0.25, 0.3) is 0 Å². The molecule has 99 heavy (non-hydrogen) atoms. The minimum Gasteiger partial charge on any atom is -0.462 e. The van der Waals surface area contributed by atoms with E-state index in [1.807, 2.05) is 0 Å². The smallest absolute Gasteiger partial charge is 0.462 e. The summed E-state index contributed by atoms with van der Waals surface area (Å²) in [6.45, 7) is 7.36. The second kappa shape index (κ2) is 73.0. The van der Waals surface area contributed by atoms with Gasteiger partial charge in [-0.15, -0.1) is 0 Å². The van der Waals surface area contributed by atoms with Crippen LogP contribution in [0, 0.1) is 5.92 Å². The minimum atomic E-state index is -4.96. The van der Waals surface area contributed by atoms with Crippen molar-refractivity contribution in [1.29, 1.82) is 0 Å². The monoisotopic (exact) mass is 1450 g/mol. The number of hydrogen-bond donors (Lipinski definition) is 3. The van der Waals surface area contributed by atoms with E-state index in [4.69, 9.17) is 37.0 Å². The highest BCUT2D eigenvalue weighted by molar-refractivity contribution is 7.47. The summed E-state index contributed by atoms with van der Waals surface area (Å²) in [5.41, 5.74) is 0. The SMILES string of the molecule is CCCCCCCCCCCCCCCCCCCCC(=O)O[C@H](COC(=O)CCCCCCCCCCCCC(C)CC)COP(=O)(O)OC[C@@H](O)COP(=O)(O)OC[C@@H](COC(=O)CCCCCCCCCCCCCCC)OC(=O)CCCCCCCCCCCCCCCC. The number of aliphatic hydroxyl groups excluding tert-OH is 1. The van der Waals surface area contributed by atoms with Crippen molar-refractivity contribution < 1.29 is 80.2 Å². The predicted molar refractivity (Wildman–Crippen MR) is 405 cm³/mol. The summed E-state index contributed by atoms with van der Waals surface area (Å²) in [5, 5.41) is 10.6. The largest absolute Gasteiger partial charge is 0.472 e. The van der Waals surface area contributed by atoms with Gasteiger partial charge in [-0.1, -0.05) is 375 Å². The number of rotatable bonds is 80. The first-order chi connectivity index (χ1) is 48.1. The predicted octanol–water partition coefficient (Wildman–Crippen LogP) is 24.0. The van der Waals surface area contributed by atoms with Gasteiger partial charge in [0.15, 0.2) is 12.2 Å². The molecule has 17 nitrogen and oxygen atoms in total. The van der Waals surface area contributed by atoms with Gasteiger partial charge in [0.05, 0.1) is 26.4 Å². The number of ether oxygens (including phenoxy) is 4. The Bertz CT molecular complexity index is 1890. The van der Waals surface area contributed by atoms with Crippen LogP contribution in [0.4, 0.5) is 0 Å². The molecule has 0 aromatic rings. The zero-order valence-corrected chi connectivity index (χ0v) is 66.4. The highest BCUT2D eigenvalue weighted by Gasteiger charge is 2.30. The average Bonchev–Trinajstić information content (AvgIpc) is 1.08. The van der Waals surface area contributed by atoms with E-state index in [1.54, 1.807) is 0 Å². The molecule has 0 aromatic carbocycles. The van der Waals surface area contributed by atoms with Crippen molar-refractivity contribution in [3.63, 3.8) is 0 Å². The molecule has 0 aromatic heterocycles. The van der Waals surface area contributed by atoms with Gasteiger partial charge in [0.1, 0.15) is 19.3 Å². The first kappa shape index (κ1) is 97.1. The maximum Gasteiger partial charge on any atom is 0.472 e. The third-order valence-electron chi connectivity index (χ3n) is 19.1. The molecule has 0 rings (SSSR count). The number of hydrogen-bond acceptors (Lipinski definition) is 15. The topological polar surface area (TPSA) is 237 Å². The Labute approximate surface area is 607 Å². The highest BCUT2D eigenvalue weighted by Crippen LogP contribution is 2.45. The van der Waals surface area contributed by atoms with Crippen molar-refractivity contribution >= 4 is 39.5 Å². The van der Waals surface area contributed by atoms with Gasteiger partial charge in [0, 0.05) is 25.7 Å². The minimum absolute atomic E-state index is 0.109. The van der Waals surface area contributed by atoms with Crippen molar-refractivity contribution in [3.8, 4) is 0 Å². The molecule has 0 bridgehead atoms. The maximum absolute atomic E-state index is 13.1. The van der Waals surface area contributed by atoms with Gasteiger partial charge in [0.2, 0.25) is 0 Å². The first-order valence-electron chi connectivity index (χ1n) is 41.7. The zero-order chi connectivity index (χ0) is 72.7. The van der Waals surface area contributed by atoms with Crippen LogP contribution >= 0.6 is 15.6 Å². The lowest BCUT2D eigenvalue weighted by molar-refractivity contribution is -0.161. The molecule has 0 heterocycles. The van der Waals surface area contributed by atoms with E-state index in [0.29, 0.717) is 25.7 Å². The Balaban J connectivity index is 5.26. The third kappa shape index (κ3) is 72.8. The number of esters is 4. The molecule has 6 atom stereocenters. The van der Waals surface area contributed by atoms with E-state index >= 15 is 0 Å². The molecule has 0 aliphatic rings. The van der Waals surface area contributed by atoms with Gasteiger partial charge in [-0.25, -0.2) is 9.13 Å². The van der Waals surface area contributed by atoms with Crippen molar-refractivity contribution in [2.24, 2.45) is 5.92 Å². The van der Waals surface area contributed by atoms with Gasteiger partial charge < -0.3 is 33.8 Å². The normalized spacial score (nSPS) is 14.1. The lowest BCUT2D eigenvalue weighted by Crippen LogP contribution is -2.30. The molecule has 0 saturated carbocycles. The molecule has 0 saturated heterocycles. The van der Waals surface area contributed by atoms with Crippen molar-refractivity contribution in [2.45, 2.75) is 445 Å². The fourth-order valence-electron chi connectivity index (χ4n) is 12.4. The molecule has 0 aliphatic carbocycles. The lowest BCUT2D eigenvalue weighted by Gasteiger charge is -2.21. The molecule has 19 heteroatoms. The summed E-state index contributed by atoms with van der Waals surface area (Å²) in [5.74, 6) is -1.29. The van der Waals surface area contributed by atoms with Gasteiger partial charge in [-0.05, 0) is 31.6 Å². The number of aliphatic hydroxyl groups is 1. The number of phosphoric acid groups is 2. The van der Waals surface area contributed by atoms with Crippen LogP contribution in [0.3, 0.4) is 0 Å². The molecule has 0 fully saturated rings. The Hall–Kier alpha value is -1.94. The quantitative estimate of drug-likeness (QED) is 0.0222.